The Balaban J connectivity index is 1.81. The van der Waals surface area contributed by atoms with Crippen LogP contribution in [0.25, 0.3) is 22.3 Å². The summed E-state index contributed by atoms with van der Waals surface area (Å²) in [5.41, 5.74) is 0.573. The van der Waals surface area contributed by atoms with Crippen LogP contribution in [0.15, 0.2) is 46.9 Å². The van der Waals surface area contributed by atoms with E-state index in [0.717, 1.165) is 6.07 Å². The monoisotopic (exact) mass is 433 g/mol. The van der Waals surface area contributed by atoms with Gasteiger partial charge in [-0.25, -0.2) is 4.42 Å². The molecule has 0 spiro atoms. The molecule has 0 aliphatic carbocycles. The van der Waals surface area contributed by atoms with Gasteiger partial charge in [0.25, 0.3) is 0 Å². The first-order chi connectivity index (χ1) is 14.8. The fourth-order valence-electron chi connectivity index (χ4n) is 3.38. The predicted molar refractivity (Wildman–Crippen MR) is 105 cm³/mol. The number of rotatable bonds is 4. The lowest BCUT2D eigenvalue weighted by Crippen LogP contribution is -2.60. The van der Waals surface area contributed by atoms with E-state index in [1.54, 1.807) is 0 Å². The van der Waals surface area contributed by atoms with Crippen LogP contribution in [-0.2, 0) is 4.74 Å². The van der Waals surface area contributed by atoms with Crippen molar-refractivity contribution in [1.29, 1.82) is 0 Å². The quantitative estimate of drug-likeness (QED) is 0.290. The van der Waals surface area contributed by atoms with E-state index in [9.17, 15) is 35.7 Å². The number of phenols is 3. The Bertz CT molecular complexity index is 1080. The summed E-state index contributed by atoms with van der Waals surface area (Å²) in [4.78, 5) is 0. The van der Waals surface area contributed by atoms with Crippen LogP contribution < -0.4 is 4.74 Å². The SMILES string of the molecule is OCC1O[C@@H](Oc2cc3c(O)cc(O)cc3[o+]c2-c2ccc(O)cc2)[C@@H](O)C(O)[C@H]1O. The van der Waals surface area contributed by atoms with E-state index in [4.69, 9.17) is 13.9 Å². The van der Waals surface area contributed by atoms with Gasteiger partial charge in [0.15, 0.2) is 0 Å². The Labute approximate surface area is 175 Å². The Morgan fingerprint density at radius 3 is 2.26 bits per heavy atom. The Morgan fingerprint density at radius 2 is 1.58 bits per heavy atom. The van der Waals surface area contributed by atoms with Crippen LogP contribution in [0.1, 0.15) is 0 Å². The van der Waals surface area contributed by atoms with Gasteiger partial charge in [0.2, 0.25) is 12.0 Å². The lowest BCUT2D eigenvalue weighted by molar-refractivity contribution is -0.277. The van der Waals surface area contributed by atoms with Crippen LogP contribution in [0.2, 0.25) is 0 Å². The van der Waals surface area contributed by atoms with Crippen molar-refractivity contribution in [2.75, 3.05) is 6.61 Å². The van der Waals surface area contributed by atoms with Gasteiger partial charge in [0.05, 0.1) is 18.2 Å². The van der Waals surface area contributed by atoms with Crippen molar-refractivity contribution in [1.82, 2.24) is 0 Å². The highest BCUT2D eigenvalue weighted by molar-refractivity contribution is 5.88. The van der Waals surface area contributed by atoms with Gasteiger partial charge in [-0.05, 0) is 24.3 Å². The Hall–Kier alpha value is -3.15. The van der Waals surface area contributed by atoms with Crippen molar-refractivity contribution in [2.45, 2.75) is 30.7 Å². The largest absolute Gasteiger partial charge is 0.508 e. The number of phenolic OH excluding ortho intramolecular Hbond substituents is 3. The van der Waals surface area contributed by atoms with Crippen LogP contribution >= 0.6 is 0 Å². The van der Waals surface area contributed by atoms with Gasteiger partial charge in [0, 0.05) is 12.1 Å². The topological polar surface area (TPSA) is 171 Å². The van der Waals surface area contributed by atoms with E-state index in [0.29, 0.717) is 5.56 Å². The highest BCUT2D eigenvalue weighted by Crippen LogP contribution is 2.40. The van der Waals surface area contributed by atoms with Gasteiger partial charge in [-0.2, -0.15) is 0 Å². The fourth-order valence-corrected chi connectivity index (χ4v) is 3.38. The minimum atomic E-state index is -1.66. The van der Waals surface area contributed by atoms with E-state index in [1.807, 2.05) is 0 Å². The first-order valence-corrected chi connectivity index (χ1v) is 9.38. The maximum absolute atomic E-state index is 10.3. The summed E-state index contributed by atoms with van der Waals surface area (Å²) in [6, 6.07) is 9.66. The molecule has 0 amide bonds. The molecule has 1 aliphatic heterocycles. The number of aliphatic hydroxyl groups is 4. The predicted octanol–water partition coefficient (Wildman–Crippen LogP) is 0.676. The molecule has 4 rings (SSSR count). The van der Waals surface area contributed by atoms with Gasteiger partial charge in [0.1, 0.15) is 47.1 Å². The second-order valence-corrected chi connectivity index (χ2v) is 7.18. The summed E-state index contributed by atoms with van der Waals surface area (Å²) in [7, 11) is 0. The molecule has 31 heavy (non-hydrogen) atoms. The summed E-state index contributed by atoms with van der Waals surface area (Å²) in [6.07, 6.45) is -7.52. The molecule has 3 aromatic rings. The van der Waals surface area contributed by atoms with Crippen molar-refractivity contribution in [2.24, 2.45) is 0 Å². The van der Waals surface area contributed by atoms with Gasteiger partial charge in [-0.3, -0.25) is 0 Å². The van der Waals surface area contributed by atoms with Crippen LogP contribution in [0.5, 0.6) is 23.0 Å². The van der Waals surface area contributed by atoms with Crippen molar-refractivity contribution in [3.05, 3.63) is 42.5 Å². The second kappa shape index (κ2) is 8.17. The van der Waals surface area contributed by atoms with E-state index in [2.05, 4.69) is 0 Å². The molecule has 1 aromatic heterocycles. The second-order valence-electron chi connectivity index (χ2n) is 7.18. The zero-order chi connectivity index (χ0) is 22.3. The van der Waals surface area contributed by atoms with Gasteiger partial charge in [-0.1, -0.05) is 0 Å². The average Bonchev–Trinajstić information content (AvgIpc) is 2.74. The zero-order valence-corrected chi connectivity index (χ0v) is 16.0. The number of aliphatic hydroxyl groups excluding tert-OH is 4. The number of ether oxygens (including phenoxy) is 2. The lowest BCUT2D eigenvalue weighted by Gasteiger charge is -2.39. The lowest BCUT2D eigenvalue weighted by atomic mass is 9.99. The number of fused-ring (bicyclic) bond motifs is 1. The number of aromatic hydroxyl groups is 3. The van der Waals surface area contributed by atoms with Crippen molar-refractivity contribution >= 4 is 11.0 Å². The standard InChI is InChI=1S/C21H20O10/c22-8-16-17(26)18(27)19(28)21(31-16)30-15-7-12-13(25)5-11(24)6-14(12)29-20(15)9-1-3-10(23)4-2-9/h1-7,16-19,21-22,26-28H,8H2,(H2-,23,24,25)/p+1/t16?,17-,18?,19-,21+/m0/s1. The van der Waals surface area contributed by atoms with E-state index in [-0.39, 0.29) is 39.7 Å². The molecule has 0 bridgehead atoms. The van der Waals surface area contributed by atoms with Crippen molar-refractivity contribution in [3.63, 3.8) is 0 Å². The maximum atomic E-state index is 10.3. The number of hydrogen-bond acceptors (Lipinski definition) is 9. The molecular weight excluding hydrogens is 412 g/mol. The molecule has 1 aliphatic rings. The molecule has 10 heteroatoms. The molecular formula is C21H21O10+. The smallest absolute Gasteiger partial charge is 0.402 e. The zero-order valence-electron chi connectivity index (χ0n) is 16.0. The summed E-state index contributed by atoms with van der Waals surface area (Å²) in [5.74, 6) is -0.420. The van der Waals surface area contributed by atoms with Gasteiger partial charge in [-0.15, -0.1) is 0 Å². The first kappa shape index (κ1) is 21.1. The molecule has 164 valence electrons. The molecule has 10 nitrogen and oxygen atoms in total. The van der Waals surface area contributed by atoms with Crippen LogP contribution in [0.3, 0.4) is 0 Å². The van der Waals surface area contributed by atoms with Crippen molar-refractivity contribution < 1.29 is 49.6 Å². The minimum Gasteiger partial charge on any atom is -0.508 e. The van der Waals surface area contributed by atoms with Crippen LogP contribution in [-0.4, -0.2) is 73.1 Å². The summed E-state index contributed by atoms with van der Waals surface area (Å²) >= 11 is 0. The average molecular weight is 433 g/mol. The van der Waals surface area contributed by atoms with Crippen LogP contribution in [0, 0.1) is 0 Å². The first-order valence-electron chi connectivity index (χ1n) is 9.38. The van der Waals surface area contributed by atoms with Gasteiger partial charge < -0.3 is 45.2 Å². The Morgan fingerprint density at radius 1 is 0.871 bits per heavy atom. The molecule has 5 atom stereocenters. The third-order valence-corrected chi connectivity index (χ3v) is 5.04. The van der Waals surface area contributed by atoms with Crippen LogP contribution in [0.4, 0.5) is 0 Å². The van der Waals surface area contributed by atoms with E-state index < -0.39 is 37.3 Å². The van der Waals surface area contributed by atoms with Gasteiger partial charge >= 0.3 is 11.3 Å². The summed E-state index contributed by atoms with van der Waals surface area (Å²) < 4.78 is 17.0. The molecule has 2 unspecified atom stereocenters. The highest BCUT2D eigenvalue weighted by Gasteiger charge is 2.45. The molecule has 2 heterocycles. The molecule has 0 radical (unpaired) electrons. The number of benzene rings is 2. The number of hydrogen-bond donors (Lipinski definition) is 7. The maximum Gasteiger partial charge on any atom is 0.402 e. The highest BCUT2D eigenvalue weighted by atomic mass is 16.7. The third kappa shape index (κ3) is 3.94. The molecule has 1 saturated heterocycles. The summed E-state index contributed by atoms with van der Waals surface area (Å²) in [5, 5.41) is 69.4. The normalized spacial score (nSPS) is 26.1. The molecule has 0 saturated carbocycles. The molecule has 2 aromatic carbocycles. The molecule has 7 N–H and O–H groups in total. The van der Waals surface area contributed by atoms with E-state index in [1.165, 1.54) is 36.4 Å². The minimum absolute atomic E-state index is 0.0104. The Kier molecular flexibility index (Phi) is 5.56. The third-order valence-electron chi connectivity index (χ3n) is 5.04. The summed E-state index contributed by atoms with van der Waals surface area (Å²) in [6.45, 7) is -0.627. The molecule has 1 fully saturated rings. The van der Waals surface area contributed by atoms with E-state index >= 15 is 0 Å². The van der Waals surface area contributed by atoms with Crippen molar-refractivity contribution in [3.8, 4) is 34.3 Å². The fraction of sp³-hybridized carbons (Fsp3) is 0.286.